The summed E-state index contributed by atoms with van der Waals surface area (Å²) < 4.78 is 19.3. The van der Waals surface area contributed by atoms with Crippen LogP contribution in [0.3, 0.4) is 0 Å². The van der Waals surface area contributed by atoms with Crippen LogP contribution in [0.2, 0.25) is 15.1 Å². The first kappa shape index (κ1) is 122. The van der Waals surface area contributed by atoms with Crippen LogP contribution in [0.5, 0.6) is 23.0 Å². The third kappa shape index (κ3) is 41.0. The van der Waals surface area contributed by atoms with E-state index in [1.54, 1.807) is 228 Å². The van der Waals surface area contributed by atoms with Crippen LogP contribution in [0.4, 0.5) is 5.69 Å². The lowest BCUT2D eigenvalue weighted by atomic mass is 9.97. The Labute approximate surface area is 879 Å². The van der Waals surface area contributed by atoms with Gasteiger partial charge in [-0.15, -0.1) is 46.4 Å². The predicted octanol–water partition coefficient (Wildman–Crippen LogP) is 20.9. The molecule has 2 amide bonds. The van der Waals surface area contributed by atoms with E-state index in [9.17, 15) is 77.6 Å². The molecule has 3 heterocycles. The Morgan fingerprint density at radius 1 is 0.414 bits per heavy atom. The number of nitrogens with zero attached hydrogens (tertiary/aromatic N) is 6. The van der Waals surface area contributed by atoms with Gasteiger partial charge in [0.2, 0.25) is 0 Å². The van der Waals surface area contributed by atoms with E-state index in [1.807, 2.05) is 69.3 Å². The Morgan fingerprint density at radius 2 is 0.745 bits per heavy atom. The van der Waals surface area contributed by atoms with Gasteiger partial charge in [0, 0.05) is 104 Å². The summed E-state index contributed by atoms with van der Waals surface area (Å²) in [6, 6.07) is 63.0. The number of hydrogen-bond acceptors (Lipinski definition) is 23. The van der Waals surface area contributed by atoms with Crippen molar-refractivity contribution in [1.29, 1.82) is 0 Å². The quantitative estimate of drug-likeness (QED) is 0.0118. The van der Waals surface area contributed by atoms with Crippen molar-refractivity contribution < 1.29 is 91.9 Å². The Morgan fingerprint density at radius 3 is 1.09 bits per heavy atom. The molecule has 0 saturated carbocycles. The largest absolute Gasteiger partial charge is 0.508 e. The maximum absolute atomic E-state index is 12.3. The number of amides is 2. The molecule has 0 spiro atoms. The Hall–Kier alpha value is -13.3. The molecule has 0 radical (unpaired) electrons. The molecule has 3 aromatic heterocycles. The smallest absolute Gasteiger partial charge is 0.338 e. The summed E-state index contributed by atoms with van der Waals surface area (Å²) in [6.07, 6.45) is 7.30. The third-order valence-corrected chi connectivity index (χ3v) is 24.1. The monoisotopic (exact) mass is 2120 g/mol. The van der Waals surface area contributed by atoms with Crippen molar-refractivity contribution in [3.8, 4) is 23.0 Å². The summed E-state index contributed by atoms with van der Waals surface area (Å²) >= 11 is 40.6. The molecule has 0 fully saturated rings. The highest BCUT2D eigenvalue weighted by Crippen LogP contribution is 2.28. The fraction of sp³-hybridized carbons (Fsp3) is 0.309. The second-order valence-corrected chi connectivity index (χ2v) is 35.5. The summed E-state index contributed by atoms with van der Waals surface area (Å²) in [5.41, 5.74) is 19.0. The number of benzene rings is 9. The molecule has 28 nitrogen and oxygen atoms in total. The molecular formula is C110H122Cl7N9O19. The normalized spacial score (nSPS) is 10.7. The molecule has 12 aromatic rings. The minimum absolute atomic E-state index is 0.00531. The van der Waals surface area contributed by atoms with Gasteiger partial charge in [0.15, 0.2) is 58.7 Å². The summed E-state index contributed by atoms with van der Waals surface area (Å²) in [5.74, 6) is -0.448. The second-order valence-electron chi connectivity index (χ2n) is 32.5. The molecule has 7 N–H and O–H groups in total. The van der Waals surface area contributed by atoms with E-state index in [1.165, 1.54) is 25.9 Å². The number of aromatic nitrogens is 6. The molecule has 12 rings (SSSR count). The highest BCUT2D eigenvalue weighted by atomic mass is 35.5. The molecule has 770 valence electrons. The number of esters is 2. The van der Waals surface area contributed by atoms with Crippen molar-refractivity contribution in [3.63, 3.8) is 0 Å². The number of carbonyl (C=O) groups is 13. The first-order chi connectivity index (χ1) is 69.1. The second kappa shape index (κ2) is 64.5. The highest BCUT2D eigenvalue weighted by Gasteiger charge is 2.25. The molecule has 0 aliphatic carbocycles. The van der Waals surface area contributed by atoms with E-state index in [0.29, 0.717) is 145 Å². The number of carbonyl (C=O) groups excluding carboxylic acids is 13. The summed E-state index contributed by atoms with van der Waals surface area (Å²) in [4.78, 5) is 152. The minimum atomic E-state index is -0.550. The minimum Gasteiger partial charge on any atom is -0.508 e. The molecule has 35 heteroatoms. The predicted molar refractivity (Wildman–Crippen MR) is 568 cm³/mol. The molecule has 2 unspecified atom stereocenters. The molecule has 9 aromatic carbocycles. The van der Waals surface area contributed by atoms with E-state index >= 15 is 0 Å². The number of rotatable bonds is 39. The Balaban J connectivity index is 0.000000293. The number of halogens is 7. The number of aromatic hydroxyl groups is 3. The Bertz CT molecular complexity index is 6190. The van der Waals surface area contributed by atoms with Gasteiger partial charge in [-0.25, -0.2) is 9.59 Å². The number of phenols is 3. The molecule has 0 bridgehead atoms. The van der Waals surface area contributed by atoms with E-state index < -0.39 is 22.7 Å². The van der Waals surface area contributed by atoms with E-state index in [0.717, 1.165) is 64.8 Å². The first-order valence-corrected chi connectivity index (χ1v) is 49.3. The van der Waals surface area contributed by atoms with Crippen molar-refractivity contribution in [2.75, 3.05) is 45.0 Å². The van der Waals surface area contributed by atoms with Crippen LogP contribution in [0.15, 0.2) is 218 Å². The standard InChI is InChI=1S/C17H19N3O3.C16H19ClN2O2.C15H17ClN2O2.C14H15ClN2O2.C13H15ClO2.C12H13ClO3.C12H13ClO2.C11H11ClO3/c1-19-17(22)14-4-2-3-5-15(14)20-16(21)11-23-13-8-6-12(10-18)7-9-13;1-3-13-15(17)16(19(2)18-13)14(21)6-4-5-11-7-9-12(20)10-8-11;1-10-14(16)15(18(2)17-10)13(20)5-3-4-11-6-8-12(19)9-7-11;1-9-13(15)14(17(2)16-9)12(19)8-5-10-3-6-11(18)7-4-10;1-3-12(15)11-7-5-4-6-10(11)8-13(16)9(2)14;1-8(13)11(14)7-9-5-3-4-6-10(9)12(15)16-2;1-2-12(15)11-6-4-3-5-9(11)7-10(14)8-13;1-15-11(14)10-5-3-2-4-8(10)6-9(13)7-12/h2-9H,10-11,18H2,1H3,(H,19,22)(H,20,21);7-10,20H,3-6H2,1-2H3;6-9,19H,3-5H2,1-2H3;3-4,6-7,18H,5,8H2,1-2H3;4-7,9H,3,8H2,1-2H3;3-6,8H,7H2,1-2H3;3-6H,2,7-8H2,1H3;2-5H,6-7H2,1H3. The van der Waals surface area contributed by atoms with Crippen molar-refractivity contribution in [3.05, 3.63) is 340 Å². The van der Waals surface area contributed by atoms with E-state index in [-0.39, 0.29) is 125 Å². The van der Waals surface area contributed by atoms with Gasteiger partial charge >= 0.3 is 11.9 Å². The van der Waals surface area contributed by atoms with Crippen LogP contribution in [-0.4, -0.2) is 171 Å². The zero-order valence-corrected chi connectivity index (χ0v) is 88.4. The van der Waals surface area contributed by atoms with Crippen LogP contribution < -0.4 is 21.1 Å². The van der Waals surface area contributed by atoms with Crippen LogP contribution in [-0.2, 0) is 113 Å². The Kier molecular flexibility index (Phi) is 54.3. The number of nitrogens with two attached hydrogens (primary N) is 1. The number of aryl methyl sites for hydroxylation is 9. The average molecular weight is 2120 g/mol. The number of phenolic OH excluding ortho intramolecular Hbond substituents is 3. The fourth-order valence-corrected chi connectivity index (χ4v) is 15.1. The summed E-state index contributed by atoms with van der Waals surface area (Å²) in [6.45, 7) is 12.7. The maximum Gasteiger partial charge on any atom is 0.338 e. The number of anilines is 1. The van der Waals surface area contributed by atoms with Crippen molar-refractivity contribution >= 4 is 163 Å². The van der Waals surface area contributed by atoms with Crippen molar-refractivity contribution in [2.45, 2.75) is 162 Å². The van der Waals surface area contributed by atoms with E-state index in [2.05, 4.69) is 35.4 Å². The maximum atomic E-state index is 12.3. The van der Waals surface area contributed by atoms with E-state index in [4.69, 9.17) is 91.7 Å². The number of methoxy groups -OCH3 is 2. The molecule has 0 aliphatic rings. The topological polar surface area (TPSA) is 414 Å². The van der Waals surface area contributed by atoms with Crippen LogP contribution >= 0.6 is 81.2 Å². The van der Waals surface area contributed by atoms with Gasteiger partial charge in [0.25, 0.3) is 11.8 Å². The van der Waals surface area contributed by atoms with Gasteiger partial charge in [-0.3, -0.25) is 66.8 Å². The number of ether oxygens (including phenoxy) is 3. The molecule has 0 aliphatic heterocycles. The lowest BCUT2D eigenvalue weighted by molar-refractivity contribution is -0.118. The summed E-state index contributed by atoms with van der Waals surface area (Å²) in [5, 5.41) is 45.7. The van der Waals surface area contributed by atoms with Gasteiger partial charge in [-0.1, -0.05) is 201 Å². The van der Waals surface area contributed by atoms with Gasteiger partial charge in [-0.2, -0.15) is 15.3 Å². The molecule has 145 heavy (non-hydrogen) atoms. The average Bonchev–Trinajstić information content (AvgIpc) is 1.67. The number of Topliss-reactive ketones (excluding diaryl/α,β-unsaturated/α-hetero) is 9. The van der Waals surface area contributed by atoms with Crippen LogP contribution in [0.1, 0.15) is 224 Å². The van der Waals surface area contributed by atoms with Crippen molar-refractivity contribution in [2.24, 2.45) is 26.9 Å². The summed E-state index contributed by atoms with van der Waals surface area (Å²) in [7, 11) is 9.35. The SMILES string of the molecule is CCC(=O)c1ccccc1CC(=O)C(C)Cl.CCC(=O)c1ccccc1CC(=O)CCl.CCc1nn(C)c(C(=O)CCCc2ccc(O)cc2)c1Cl.CNC(=O)c1ccccc1NC(=O)COc1ccc(CN)cc1.COC(=O)c1ccccc1CC(=O)C(C)Cl.COC(=O)c1ccccc1CC(=O)CCl.Cc1nn(C)c(C(=O)CCCc2ccc(O)cc2)c1Cl.Cc1nn(C)c(C(=O)CCc2ccc(O)cc2)c1Cl. The number of hydrogen-bond donors (Lipinski definition) is 6. The van der Waals surface area contributed by atoms with Gasteiger partial charge in [-0.05, 0) is 184 Å². The fourth-order valence-electron chi connectivity index (χ4n) is 13.9. The van der Waals surface area contributed by atoms with Crippen LogP contribution in [0.25, 0.3) is 0 Å². The number of alkyl halides is 4. The van der Waals surface area contributed by atoms with Gasteiger partial charge in [0.05, 0.1) is 91.3 Å². The number of ketones is 9. The van der Waals surface area contributed by atoms with Gasteiger partial charge < -0.3 is 45.9 Å². The zero-order chi connectivity index (χ0) is 108. The first-order valence-electron chi connectivity index (χ1n) is 46.2. The third-order valence-electron chi connectivity index (χ3n) is 21.7. The number of para-hydroxylation sites is 1. The lowest BCUT2D eigenvalue weighted by Gasteiger charge is -2.11. The van der Waals surface area contributed by atoms with Crippen molar-refractivity contribution in [1.82, 2.24) is 34.7 Å². The highest BCUT2D eigenvalue weighted by molar-refractivity contribution is 6.36. The molecule has 2 atom stereocenters. The van der Waals surface area contributed by atoms with Gasteiger partial charge in [0.1, 0.15) is 40.1 Å². The number of nitrogens with one attached hydrogen (secondary N) is 2. The molecule has 0 saturated heterocycles. The zero-order valence-electron chi connectivity index (χ0n) is 83.2. The lowest BCUT2D eigenvalue weighted by Crippen LogP contribution is -2.24. The van der Waals surface area contributed by atoms with Crippen LogP contribution in [0, 0.1) is 13.8 Å². The molecular weight excluding hydrogens is 2000 g/mol.